The molecule has 17 heavy (non-hydrogen) atoms. The van der Waals surface area contributed by atoms with Crippen molar-refractivity contribution in [3.05, 3.63) is 0 Å². The first-order chi connectivity index (χ1) is 7.61. The molecular weight excluding hydrogens is 218 g/mol. The summed E-state index contributed by atoms with van der Waals surface area (Å²) in [5, 5.41) is 8.45. The maximum atomic E-state index is 11.5. The van der Waals surface area contributed by atoms with Crippen LogP contribution in [0.3, 0.4) is 0 Å². The van der Waals surface area contributed by atoms with Crippen LogP contribution < -0.4 is 16.0 Å². The minimum atomic E-state index is -0.508. The van der Waals surface area contributed by atoms with Gasteiger partial charge in [0.25, 0.3) is 0 Å². The molecule has 0 heterocycles. The number of carbonyl (C=O) groups is 2. The number of hydrogen-bond acceptors (Lipinski definition) is 3. The van der Waals surface area contributed by atoms with Gasteiger partial charge in [0, 0.05) is 11.6 Å². The lowest BCUT2D eigenvalue weighted by Crippen LogP contribution is -2.50. The SMILES string of the molecule is CC(C)NC(=O)C(C)NC(=O)CNC(C)(C)C. The summed E-state index contributed by atoms with van der Waals surface area (Å²) in [6.07, 6.45) is 0. The fraction of sp³-hybridized carbons (Fsp3) is 0.833. The Kier molecular flexibility index (Phi) is 6.16. The molecule has 0 aromatic carbocycles. The lowest BCUT2D eigenvalue weighted by Gasteiger charge is -2.21. The van der Waals surface area contributed by atoms with Crippen molar-refractivity contribution < 1.29 is 9.59 Å². The van der Waals surface area contributed by atoms with Gasteiger partial charge in [-0.1, -0.05) is 0 Å². The van der Waals surface area contributed by atoms with Gasteiger partial charge in [0.1, 0.15) is 6.04 Å². The van der Waals surface area contributed by atoms with E-state index in [-0.39, 0.29) is 29.9 Å². The van der Waals surface area contributed by atoms with Crippen molar-refractivity contribution in [2.75, 3.05) is 6.54 Å². The van der Waals surface area contributed by atoms with E-state index in [9.17, 15) is 9.59 Å². The maximum absolute atomic E-state index is 11.5. The normalized spacial score (nSPS) is 13.4. The molecule has 1 unspecified atom stereocenters. The van der Waals surface area contributed by atoms with Crippen molar-refractivity contribution in [1.82, 2.24) is 16.0 Å². The van der Waals surface area contributed by atoms with Gasteiger partial charge in [-0.2, -0.15) is 0 Å². The second kappa shape index (κ2) is 6.59. The molecule has 0 fully saturated rings. The Morgan fingerprint density at radius 3 is 2.00 bits per heavy atom. The Morgan fingerprint density at radius 2 is 1.59 bits per heavy atom. The van der Waals surface area contributed by atoms with E-state index in [0.29, 0.717) is 0 Å². The van der Waals surface area contributed by atoms with E-state index in [1.807, 2.05) is 34.6 Å². The minimum absolute atomic E-state index is 0.0783. The molecule has 0 radical (unpaired) electrons. The van der Waals surface area contributed by atoms with Crippen molar-refractivity contribution in [2.24, 2.45) is 0 Å². The van der Waals surface area contributed by atoms with Crippen molar-refractivity contribution in [3.8, 4) is 0 Å². The minimum Gasteiger partial charge on any atom is -0.352 e. The van der Waals surface area contributed by atoms with Gasteiger partial charge < -0.3 is 16.0 Å². The summed E-state index contributed by atoms with van der Waals surface area (Å²) in [5.41, 5.74) is -0.110. The molecule has 0 aliphatic rings. The van der Waals surface area contributed by atoms with E-state index in [0.717, 1.165) is 0 Å². The van der Waals surface area contributed by atoms with E-state index in [1.54, 1.807) is 6.92 Å². The topological polar surface area (TPSA) is 70.2 Å². The summed E-state index contributed by atoms with van der Waals surface area (Å²) < 4.78 is 0. The highest BCUT2D eigenvalue weighted by Crippen LogP contribution is 1.96. The molecular formula is C12H25N3O2. The average molecular weight is 243 g/mol. The van der Waals surface area contributed by atoms with Gasteiger partial charge in [-0.15, -0.1) is 0 Å². The molecule has 100 valence electrons. The molecule has 0 aromatic heterocycles. The van der Waals surface area contributed by atoms with Crippen LogP contribution in [0.4, 0.5) is 0 Å². The Hall–Kier alpha value is -1.10. The summed E-state index contributed by atoms with van der Waals surface area (Å²) in [6.45, 7) is 11.6. The van der Waals surface area contributed by atoms with Crippen LogP contribution in [0, 0.1) is 0 Å². The fourth-order valence-corrected chi connectivity index (χ4v) is 1.11. The molecule has 0 aliphatic carbocycles. The Balaban J connectivity index is 4.00. The molecule has 0 aliphatic heterocycles. The maximum Gasteiger partial charge on any atom is 0.242 e. The zero-order chi connectivity index (χ0) is 13.6. The van der Waals surface area contributed by atoms with Crippen molar-refractivity contribution >= 4 is 11.8 Å². The molecule has 0 spiro atoms. The second-order valence-electron chi connectivity index (χ2n) is 5.56. The van der Waals surface area contributed by atoms with Gasteiger partial charge in [0.05, 0.1) is 6.54 Å². The zero-order valence-corrected chi connectivity index (χ0v) is 11.7. The highest BCUT2D eigenvalue weighted by molar-refractivity contribution is 5.88. The summed E-state index contributed by atoms with van der Waals surface area (Å²) in [6, 6.07) is -0.429. The molecule has 0 saturated heterocycles. The molecule has 5 nitrogen and oxygen atoms in total. The van der Waals surface area contributed by atoms with E-state index < -0.39 is 6.04 Å². The lowest BCUT2D eigenvalue weighted by atomic mass is 10.1. The van der Waals surface area contributed by atoms with Gasteiger partial charge in [-0.25, -0.2) is 0 Å². The van der Waals surface area contributed by atoms with Gasteiger partial charge in [-0.3, -0.25) is 9.59 Å². The van der Waals surface area contributed by atoms with Crippen LogP contribution >= 0.6 is 0 Å². The van der Waals surface area contributed by atoms with Crippen LogP contribution in [0.5, 0.6) is 0 Å². The summed E-state index contributed by atoms with van der Waals surface area (Å²) in [7, 11) is 0. The Labute approximate surface area is 104 Å². The first kappa shape index (κ1) is 15.9. The van der Waals surface area contributed by atoms with Crippen LogP contribution in [-0.2, 0) is 9.59 Å². The monoisotopic (exact) mass is 243 g/mol. The smallest absolute Gasteiger partial charge is 0.242 e. The second-order valence-corrected chi connectivity index (χ2v) is 5.56. The first-order valence-electron chi connectivity index (χ1n) is 5.96. The third-order valence-corrected chi connectivity index (χ3v) is 1.98. The van der Waals surface area contributed by atoms with Crippen LogP contribution in [0.15, 0.2) is 0 Å². The fourth-order valence-electron chi connectivity index (χ4n) is 1.11. The largest absolute Gasteiger partial charge is 0.352 e. The van der Waals surface area contributed by atoms with E-state index in [1.165, 1.54) is 0 Å². The third-order valence-electron chi connectivity index (χ3n) is 1.98. The number of hydrogen-bond donors (Lipinski definition) is 3. The van der Waals surface area contributed by atoms with E-state index in [2.05, 4.69) is 16.0 Å². The number of nitrogens with one attached hydrogen (secondary N) is 3. The third kappa shape index (κ3) is 8.68. The van der Waals surface area contributed by atoms with Gasteiger partial charge in [0.15, 0.2) is 0 Å². The van der Waals surface area contributed by atoms with Gasteiger partial charge in [-0.05, 0) is 41.5 Å². The predicted octanol–water partition coefficient (Wildman–Crippen LogP) is 0.404. The summed E-state index contributed by atoms with van der Waals surface area (Å²) >= 11 is 0. The molecule has 1 atom stereocenters. The van der Waals surface area contributed by atoms with Crippen molar-refractivity contribution in [1.29, 1.82) is 0 Å². The standard InChI is InChI=1S/C12H25N3O2/c1-8(2)14-11(17)9(3)15-10(16)7-13-12(4,5)6/h8-9,13H,7H2,1-6H3,(H,14,17)(H,15,16). The van der Waals surface area contributed by atoms with E-state index in [4.69, 9.17) is 0 Å². The summed E-state index contributed by atoms with van der Waals surface area (Å²) in [5.74, 6) is -0.338. The van der Waals surface area contributed by atoms with E-state index >= 15 is 0 Å². The Morgan fingerprint density at radius 1 is 1.06 bits per heavy atom. The highest BCUT2D eigenvalue weighted by Gasteiger charge is 2.17. The molecule has 0 bridgehead atoms. The molecule has 0 saturated carbocycles. The number of amides is 2. The molecule has 3 N–H and O–H groups in total. The first-order valence-corrected chi connectivity index (χ1v) is 5.96. The van der Waals surface area contributed by atoms with Crippen LogP contribution in [0.2, 0.25) is 0 Å². The zero-order valence-electron chi connectivity index (χ0n) is 11.7. The highest BCUT2D eigenvalue weighted by atomic mass is 16.2. The van der Waals surface area contributed by atoms with Gasteiger partial charge in [0.2, 0.25) is 11.8 Å². The number of carbonyl (C=O) groups excluding carboxylic acids is 2. The van der Waals surface area contributed by atoms with Crippen LogP contribution in [-0.4, -0.2) is 36.0 Å². The molecule has 5 heteroatoms. The average Bonchev–Trinajstić information content (AvgIpc) is 2.12. The van der Waals surface area contributed by atoms with Crippen LogP contribution in [0.1, 0.15) is 41.5 Å². The summed E-state index contributed by atoms with van der Waals surface area (Å²) in [4.78, 5) is 23.1. The lowest BCUT2D eigenvalue weighted by molar-refractivity contribution is -0.128. The molecule has 0 aromatic rings. The van der Waals surface area contributed by atoms with Crippen molar-refractivity contribution in [2.45, 2.75) is 59.2 Å². The molecule has 0 rings (SSSR count). The van der Waals surface area contributed by atoms with Crippen molar-refractivity contribution in [3.63, 3.8) is 0 Å². The van der Waals surface area contributed by atoms with Crippen LogP contribution in [0.25, 0.3) is 0 Å². The van der Waals surface area contributed by atoms with Gasteiger partial charge >= 0.3 is 0 Å². The quantitative estimate of drug-likeness (QED) is 0.655. The number of rotatable bonds is 5. The Bertz CT molecular complexity index is 269. The molecule has 2 amide bonds. The predicted molar refractivity (Wildman–Crippen MR) is 68.6 cm³/mol.